The van der Waals surface area contributed by atoms with Crippen molar-refractivity contribution in [1.29, 1.82) is 5.26 Å². The number of rotatable bonds is 3. The van der Waals surface area contributed by atoms with Gasteiger partial charge in [-0.3, -0.25) is 4.79 Å². The first-order valence-corrected chi connectivity index (χ1v) is 7.21. The maximum Gasteiger partial charge on any atom is 0.184 e. The van der Waals surface area contributed by atoms with Crippen molar-refractivity contribution < 1.29 is 4.79 Å². The number of hydrogen-bond acceptors (Lipinski definition) is 2. The quantitative estimate of drug-likeness (QED) is 0.694. The fourth-order valence-corrected chi connectivity index (χ4v) is 2.89. The summed E-state index contributed by atoms with van der Waals surface area (Å²) in [5, 5.41) is 10.2. The molecule has 0 heterocycles. The predicted molar refractivity (Wildman–Crippen MR) is 83.3 cm³/mol. The highest BCUT2D eigenvalue weighted by Gasteiger charge is 2.22. The van der Waals surface area contributed by atoms with Crippen molar-refractivity contribution in [1.82, 2.24) is 0 Å². The lowest BCUT2D eigenvalue weighted by atomic mass is 9.92. The van der Waals surface area contributed by atoms with E-state index in [1.807, 2.05) is 6.07 Å². The Labute approximate surface area is 135 Å². The maximum absolute atomic E-state index is 12.4. The van der Waals surface area contributed by atoms with Gasteiger partial charge in [0.25, 0.3) is 0 Å². The van der Waals surface area contributed by atoms with E-state index in [-0.39, 0.29) is 5.78 Å². The Morgan fingerprint density at radius 1 is 1.15 bits per heavy atom. The molecule has 0 radical (unpaired) electrons. The van der Waals surface area contributed by atoms with Gasteiger partial charge in [0.15, 0.2) is 5.78 Å². The van der Waals surface area contributed by atoms with Crippen LogP contribution in [0.4, 0.5) is 0 Å². The van der Waals surface area contributed by atoms with E-state index in [0.717, 1.165) is 0 Å². The topological polar surface area (TPSA) is 40.9 Å². The van der Waals surface area contributed by atoms with Crippen LogP contribution in [0.1, 0.15) is 21.8 Å². The van der Waals surface area contributed by atoms with E-state index in [1.165, 1.54) is 0 Å². The summed E-state index contributed by atoms with van der Waals surface area (Å²) in [6.07, 6.45) is 0. The Hall–Kier alpha value is -1.34. The van der Waals surface area contributed by atoms with E-state index >= 15 is 0 Å². The van der Waals surface area contributed by atoms with Gasteiger partial charge in [0.1, 0.15) is 5.92 Å². The number of ketones is 1. The number of carbonyl (C=O) groups excluding carboxylic acids is 1. The molecule has 0 aliphatic carbocycles. The summed E-state index contributed by atoms with van der Waals surface area (Å²) in [6.45, 7) is 0. The molecule has 0 N–H and O–H groups in total. The molecule has 20 heavy (non-hydrogen) atoms. The average molecular weight is 369 g/mol. The van der Waals surface area contributed by atoms with Crippen LogP contribution >= 0.6 is 39.1 Å². The van der Waals surface area contributed by atoms with Gasteiger partial charge in [-0.05, 0) is 35.9 Å². The fraction of sp³-hybridized carbons (Fsp3) is 0.0667. The van der Waals surface area contributed by atoms with Crippen LogP contribution in [0.5, 0.6) is 0 Å². The molecule has 0 amide bonds. The molecule has 0 saturated heterocycles. The average Bonchev–Trinajstić information content (AvgIpc) is 2.38. The van der Waals surface area contributed by atoms with Crippen molar-refractivity contribution in [3.05, 3.63) is 68.1 Å². The van der Waals surface area contributed by atoms with E-state index in [1.54, 1.807) is 42.5 Å². The monoisotopic (exact) mass is 367 g/mol. The third kappa shape index (κ3) is 3.40. The van der Waals surface area contributed by atoms with Crippen LogP contribution in [0.2, 0.25) is 10.0 Å². The Morgan fingerprint density at radius 2 is 1.90 bits per heavy atom. The zero-order valence-corrected chi connectivity index (χ0v) is 13.2. The van der Waals surface area contributed by atoms with Crippen LogP contribution in [0.25, 0.3) is 0 Å². The van der Waals surface area contributed by atoms with Gasteiger partial charge in [-0.1, -0.05) is 51.3 Å². The molecule has 0 aliphatic rings. The zero-order chi connectivity index (χ0) is 14.7. The fourth-order valence-electron chi connectivity index (χ4n) is 1.83. The molecule has 2 rings (SSSR count). The molecular formula is C15H8BrCl2NO. The van der Waals surface area contributed by atoms with Crippen LogP contribution in [0.3, 0.4) is 0 Å². The highest BCUT2D eigenvalue weighted by molar-refractivity contribution is 9.10. The van der Waals surface area contributed by atoms with E-state index < -0.39 is 5.92 Å². The van der Waals surface area contributed by atoms with Gasteiger partial charge in [0.05, 0.1) is 6.07 Å². The van der Waals surface area contributed by atoms with Gasteiger partial charge >= 0.3 is 0 Å². The van der Waals surface area contributed by atoms with Crippen molar-refractivity contribution in [3.8, 4) is 6.07 Å². The van der Waals surface area contributed by atoms with E-state index in [9.17, 15) is 10.1 Å². The minimum Gasteiger partial charge on any atom is -0.292 e. The van der Waals surface area contributed by atoms with E-state index in [2.05, 4.69) is 15.9 Å². The molecule has 0 saturated carbocycles. The number of Topliss-reactive ketones (excluding diaryl/α,β-unsaturated/α-hetero) is 1. The second-order valence-electron chi connectivity index (χ2n) is 4.14. The summed E-state index contributed by atoms with van der Waals surface area (Å²) in [5.41, 5.74) is 0.956. The van der Waals surface area contributed by atoms with Gasteiger partial charge in [0, 0.05) is 20.1 Å². The lowest BCUT2D eigenvalue weighted by Gasteiger charge is -2.10. The Kier molecular flexibility index (Phi) is 4.82. The smallest absolute Gasteiger partial charge is 0.184 e. The number of hydrogen-bond donors (Lipinski definition) is 0. The number of carbonyl (C=O) groups is 1. The normalized spacial score (nSPS) is 11.7. The molecule has 2 aromatic rings. The van der Waals surface area contributed by atoms with Crippen molar-refractivity contribution in [2.45, 2.75) is 5.92 Å². The zero-order valence-electron chi connectivity index (χ0n) is 10.1. The third-order valence-electron chi connectivity index (χ3n) is 2.72. The first kappa shape index (κ1) is 15.1. The van der Waals surface area contributed by atoms with Crippen molar-refractivity contribution in [2.75, 3.05) is 0 Å². The first-order chi connectivity index (χ1) is 9.51. The summed E-state index contributed by atoms with van der Waals surface area (Å²) in [5.74, 6) is -1.21. The number of benzene rings is 2. The molecule has 0 bridgehead atoms. The van der Waals surface area contributed by atoms with Crippen molar-refractivity contribution in [3.63, 3.8) is 0 Å². The van der Waals surface area contributed by atoms with Crippen molar-refractivity contribution in [2.24, 2.45) is 0 Å². The largest absolute Gasteiger partial charge is 0.292 e. The lowest BCUT2D eigenvalue weighted by molar-refractivity contribution is 0.0979. The van der Waals surface area contributed by atoms with Crippen LogP contribution in [-0.2, 0) is 0 Å². The first-order valence-electron chi connectivity index (χ1n) is 5.66. The standard InChI is InChI=1S/C15H8BrCl2NO/c16-11-4-10(6-13(18)7-11)15(20)14(8-19)9-2-1-3-12(17)5-9/h1-7,14H. The van der Waals surface area contributed by atoms with Crippen LogP contribution in [0, 0.1) is 11.3 Å². The summed E-state index contributed by atoms with van der Waals surface area (Å²) in [4.78, 5) is 12.4. The summed E-state index contributed by atoms with van der Waals surface area (Å²) in [6, 6.07) is 13.6. The molecular weight excluding hydrogens is 361 g/mol. The summed E-state index contributed by atoms with van der Waals surface area (Å²) in [7, 11) is 0. The Morgan fingerprint density at radius 3 is 2.50 bits per heavy atom. The van der Waals surface area contributed by atoms with Crippen molar-refractivity contribution >= 4 is 44.9 Å². The molecule has 1 unspecified atom stereocenters. The van der Waals surface area contributed by atoms with Crippen LogP contribution in [-0.4, -0.2) is 5.78 Å². The maximum atomic E-state index is 12.4. The number of nitrogens with zero attached hydrogens (tertiary/aromatic N) is 1. The Balaban J connectivity index is 2.42. The second-order valence-corrected chi connectivity index (χ2v) is 5.93. The molecule has 5 heteroatoms. The molecule has 100 valence electrons. The number of halogens is 3. The molecule has 1 atom stereocenters. The molecule has 0 aliphatic heterocycles. The summed E-state index contributed by atoms with van der Waals surface area (Å²) >= 11 is 15.1. The molecule has 2 nitrogen and oxygen atoms in total. The molecule has 0 spiro atoms. The summed E-state index contributed by atoms with van der Waals surface area (Å²) < 4.78 is 0.691. The predicted octanol–water partition coefficient (Wildman–Crippen LogP) is 5.25. The van der Waals surface area contributed by atoms with E-state index in [0.29, 0.717) is 25.6 Å². The van der Waals surface area contributed by atoms with Gasteiger partial charge in [-0.2, -0.15) is 5.26 Å². The van der Waals surface area contributed by atoms with Crippen LogP contribution in [0.15, 0.2) is 46.9 Å². The van der Waals surface area contributed by atoms with Gasteiger partial charge in [-0.25, -0.2) is 0 Å². The minimum absolute atomic E-state index is 0.307. The second kappa shape index (κ2) is 6.41. The highest BCUT2D eigenvalue weighted by Crippen LogP contribution is 2.26. The van der Waals surface area contributed by atoms with E-state index in [4.69, 9.17) is 23.2 Å². The minimum atomic E-state index is -0.904. The van der Waals surface area contributed by atoms with Gasteiger partial charge in [-0.15, -0.1) is 0 Å². The lowest BCUT2D eigenvalue weighted by Crippen LogP contribution is -2.11. The Bertz CT molecular complexity index is 689. The number of nitriles is 1. The van der Waals surface area contributed by atoms with Gasteiger partial charge in [0.2, 0.25) is 0 Å². The van der Waals surface area contributed by atoms with Crippen LogP contribution < -0.4 is 0 Å². The van der Waals surface area contributed by atoms with Gasteiger partial charge < -0.3 is 0 Å². The molecule has 0 fully saturated rings. The molecule has 0 aromatic heterocycles. The highest BCUT2D eigenvalue weighted by atomic mass is 79.9. The third-order valence-corrected chi connectivity index (χ3v) is 3.63. The SMILES string of the molecule is N#CC(C(=O)c1cc(Cl)cc(Br)c1)c1cccc(Cl)c1. The molecule has 2 aromatic carbocycles.